The third kappa shape index (κ3) is 5.56. The number of hydrogen-bond acceptors (Lipinski definition) is 3. The van der Waals surface area contributed by atoms with Gasteiger partial charge in [0.2, 0.25) is 5.91 Å². The van der Waals surface area contributed by atoms with Crippen molar-refractivity contribution < 1.29 is 4.79 Å². The van der Waals surface area contributed by atoms with Crippen LogP contribution in [0.2, 0.25) is 0 Å². The van der Waals surface area contributed by atoms with Gasteiger partial charge in [-0.15, -0.1) is 12.4 Å². The number of pyridine rings is 1. The second kappa shape index (κ2) is 5.70. The summed E-state index contributed by atoms with van der Waals surface area (Å²) >= 11 is 0. The van der Waals surface area contributed by atoms with Gasteiger partial charge < -0.3 is 11.1 Å². The zero-order chi connectivity index (χ0) is 11.5. The minimum atomic E-state index is -0.00861. The van der Waals surface area contributed by atoms with Crippen LogP contribution >= 0.6 is 12.4 Å². The lowest BCUT2D eigenvalue weighted by Gasteiger charge is -2.17. The van der Waals surface area contributed by atoms with Gasteiger partial charge in [0, 0.05) is 6.42 Å². The highest BCUT2D eigenvalue weighted by molar-refractivity contribution is 5.90. The standard InChI is InChI=1S/C11H17N3O.ClH/c1-11(2,3)6-10(15)14-8-4-5-9(12)13-7-8;/h4-5,7H,6H2,1-3H3,(H2,12,13)(H,14,15);1H. The molecule has 4 nitrogen and oxygen atoms in total. The molecule has 5 heteroatoms. The first-order chi connectivity index (χ1) is 6.87. The summed E-state index contributed by atoms with van der Waals surface area (Å²) in [6.07, 6.45) is 2.03. The Labute approximate surface area is 102 Å². The molecule has 0 unspecified atom stereocenters. The number of carbonyl (C=O) groups is 1. The van der Waals surface area contributed by atoms with E-state index in [-0.39, 0.29) is 23.7 Å². The molecule has 0 aromatic carbocycles. The average Bonchev–Trinajstić information content (AvgIpc) is 2.05. The lowest BCUT2D eigenvalue weighted by atomic mass is 9.92. The molecule has 3 N–H and O–H groups in total. The molecule has 0 aliphatic heterocycles. The third-order valence-corrected chi connectivity index (χ3v) is 1.76. The van der Waals surface area contributed by atoms with Crippen LogP contribution in [0.15, 0.2) is 18.3 Å². The maximum atomic E-state index is 11.5. The summed E-state index contributed by atoms with van der Waals surface area (Å²) in [5.41, 5.74) is 6.11. The fourth-order valence-electron chi connectivity index (χ4n) is 1.17. The van der Waals surface area contributed by atoms with E-state index in [1.165, 1.54) is 0 Å². The number of nitrogens with two attached hydrogens (primary N) is 1. The van der Waals surface area contributed by atoms with Gasteiger partial charge in [0.15, 0.2) is 0 Å². The van der Waals surface area contributed by atoms with Gasteiger partial charge in [0.25, 0.3) is 0 Å². The van der Waals surface area contributed by atoms with E-state index in [9.17, 15) is 4.79 Å². The van der Waals surface area contributed by atoms with Crippen molar-refractivity contribution in [1.82, 2.24) is 4.98 Å². The largest absolute Gasteiger partial charge is 0.384 e. The number of nitrogen functional groups attached to an aromatic ring is 1. The van der Waals surface area contributed by atoms with Gasteiger partial charge in [-0.1, -0.05) is 20.8 Å². The lowest BCUT2D eigenvalue weighted by Crippen LogP contribution is -2.19. The molecule has 0 atom stereocenters. The fourth-order valence-corrected chi connectivity index (χ4v) is 1.17. The summed E-state index contributed by atoms with van der Waals surface area (Å²) in [4.78, 5) is 15.4. The van der Waals surface area contributed by atoms with Gasteiger partial charge in [-0.05, 0) is 17.5 Å². The van der Waals surface area contributed by atoms with Gasteiger partial charge in [0.1, 0.15) is 5.82 Å². The first kappa shape index (κ1) is 14.7. The highest BCUT2D eigenvalue weighted by atomic mass is 35.5. The van der Waals surface area contributed by atoms with Crippen molar-refractivity contribution in [3.8, 4) is 0 Å². The minimum Gasteiger partial charge on any atom is -0.384 e. The molecule has 0 aliphatic rings. The Bertz CT molecular complexity index is 343. The Hall–Kier alpha value is -1.29. The Morgan fingerprint density at radius 1 is 1.44 bits per heavy atom. The van der Waals surface area contributed by atoms with Crippen LogP contribution in [-0.2, 0) is 4.79 Å². The minimum absolute atomic E-state index is 0. The van der Waals surface area contributed by atoms with E-state index in [1.54, 1.807) is 18.3 Å². The van der Waals surface area contributed by atoms with Crippen molar-refractivity contribution in [2.45, 2.75) is 27.2 Å². The van der Waals surface area contributed by atoms with Gasteiger partial charge in [-0.2, -0.15) is 0 Å². The van der Waals surface area contributed by atoms with Gasteiger partial charge in [0.05, 0.1) is 11.9 Å². The Kier molecular flexibility index (Phi) is 5.24. The number of hydrogen-bond donors (Lipinski definition) is 2. The molecule has 16 heavy (non-hydrogen) atoms. The smallest absolute Gasteiger partial charge is 0.224 e. The van der Waals surface area contributed by atoms with E-state index in [4.69, 9.17) is 5.73 Å². The zero-order valence-electron chi connectivity index (χ0n) is 9.78. The van der Waals surface area contributed by atoms with Crippen LogP contribution in [-0.4, -0.2) is 10.9 Å². The fraction of sp³-hybridized carbons (Fsp3) is 0.455. The van der Waals surface area contributed by atoms with E-state index in [0.717, 1.165) is 0 Å². The van der Waals surface area contributed by atoms with Crippen molar-refractivity contribution in [2.24, 2.45) is 5.41 Å². The van der Waals surface area contributed by atoms with E-state index in [1.807, 2.05) is 20.8 Å². The number of nitrogens with zero attached hydrogens (tertiary/aromatic N) is 1. The van der Waals surface area contributed by atoms with Crippen molar-refractivity contribution in [1.29, 1.82) is 0 Å². The van der Waals surface area contributed by atoms with Crippen molar-refractivity contribution in [3.05, 3.63) is 18.3 Å². The van der Waals surface area contributed by atoms with Crippen LogP contribution in [0.5, 0.6) is 0 Å². The van der Waals surface area contributed by atoms with Gasteiger partial charge in [-0.25, -0.2) is 4.98 Å². The normalized spacial score (nSPS) is 10.4. The molecule has 0 radical (unpaired) electrons. The van der Waals surface area contributed by atoms with Crippen molar-refractivity contribution in [3.63, 3.8) is 0 Å². The second-order valence-electron chi connectivity index (χ2n) is 4.76. The van der Waals surface area contributed by atoms with Crippen LogP contribution in [0.1, 0.15) is 27.2 Å². The van der Waals surface area contributed by atoms with E-state index in [0.29, 0.717) is 17.9 Å². The van der Waals surface area contributed by atoms with Crippen LogP contribution in [0, 0.1) is 5.41 Å². The average molecular weight is 244 g/mol. The van der Waals surface area contributed by atoms with Crippen LogP contribution < -0.4 is 11.1 Å². The second-order valence-corrected chi connectivity index (χ2v) is 4.76. The number of carbonyl (C=O) groups excluding carboxylic acids is 1. The number of nitrogens with one attached hydrogen (secondary N) is 1. The zero-order valence-corrected chi connectivity index (χ0v) is 10.6. The summed E-state index contributed by atoms with van der Waals surface area (Å²) in [5, 5.41) is 2.77. The molecule has 1 rings (SSSR count). The number of aromatic nitrogens is 1. The number of amides is 1. The first-order valence-corrected chi connectivity index (χ1v) is 4.88. The maximum Gasteiger partial charge on any atom is 0.224 e. The summed E-state index contributed by atoms with van der Waals surface area (Å²) in [6.45, 7) is 6.06. The van der Waals surface area contributed by atoms with Crippen molar-refractivity contribution in [2.75, 3.05) is 11.1 Å². The van der Waals surface area contributed by atoms with Crippen LogP contribution in [0.25, 0.3) is 0 Å². The van der Waals surface area contributed by atoms with Crippen LogP contribution in [0.4, 0.5) is 11.5 Å². The molecule has 0 aliphatic carbocycles. The predicted molar refractivity (Wildman–Crippen MR) is 68.6 cm³/mol. The Morgan fingerprint density at radius 2 is 2.06 bits per heavy atom. The highest BCUT2D eigenvalue weighted by Gasteiger charge is 2.15. The molecular formula is C11H18ClN3O. The van der Waals surface area contributed by atoms with E-state index >= 15 is 0 Å². The molecular weight excluding hydrogens is 226 g/mol. The molecule has 0 spiro atoms. The number of anilines is 2. The van der Waals surface area contributed by atoms with Crippen LogP contribution in [0.3, 0.4) is 0 Å². The molecule has 0 saturated heterocycles. The molecule has 0 saturated carbocycles. The van der Waals surface area contributed by atoms with E-state index in [2.05, 4.69) is 10.3 Å². The summed E-state index contributed by atoms with van der Waals surface area (Å²) in [7, 11) is 0. The molecule has 1 aromatic rings. The van der Waals surface area contributed by atoms with Gasteiger partial charge >= 0.3 is 0 Å². The molecule has 1 aromatic heterocycles. The Balaban J connectivity index is 0.00000225. The monoisotopic (exact) mass is 243 g/mol. The number of halogens is 1. The Morgan fingerprint density at radius 3 is 2.50 bits per heavy atom. The summed E-state index contributed by atoms with van der Waals surface area (Å²) in [5.74, 6) is 0.442. The van der Waals surface area contributed by atoms with E-state index < -0.39 is 0 Å². The van der Waals surface area contributed by atoms with Crippen molar-refractivity contribution >= 4 is 29.8 Å². The molecule has 0 bridgehead atoms. The predicted octanol–water partition coefficient (Wildman–Crippen LogP) is 2.46. The highest BCUT2D eigenvalue weighted by Crippen LogP contribution is 2.19. The third-order valence-electron chi connectivity index (χ3n) is 1.76. The quantitative estimate of drug-likeness (QED) is 0.839. The maximum absolute atomic E-state index is 11.5. The molecule has 90 valence electrons. The lowest BCUT2D eigenvalue weighted by molar-refractivity contribution is -0.117. The molecule has 0 fully saturated rings. The summed E-state index contributed by atoms with van der Waals surface area (Å²) in [6, 6.07) is 3.40. The number of rotatable bonds is 2. The summed E-state index contributed by atoms with van der Waals surface area (Å²) < 4.78 is 0. The van der Waals surface area contributed by atoms with Gasteiger partial charge in [-0.3, -0.25) is 4.79 Å². The molecule has 1 heterocycles. The molecule has 1 amide bonds. The first-order valence-electron chi connectivity index (χ1n) is 4.88. The SMILES string of the molecule is CC(C)(C)CC(=O)Nc1ccc(N)nc1.Cl. The topological polar surface area (TPSA) is 68.0 Å².